The molecular formula is C17H23N3O2S. The van der Waals surface area contributed by atoms with Crippen LogP contribution in [-0.4, -0.2) is 29.1 Å². The second-order valence-electron chi connectivity index (χ2n) is 6.09. The van der Waals surface area contributed by atoms with E-state index >= 15 is 0 Å². The van der Waals surface area contributed by atoms with E-state index in [-0.39, 0.29) is 5.97 Å². The molecule has 0 spiro atoms. The molecule has 0 bridgehead atoms. The van der Waals surface area contributed by atoms with E-state index in [9.17, 15) is 4.79 Å². The minimum Gasteiger partial charge on any atom is -0.466 e. The highest BCUT2D eigenvalue weighted by Crippen LogP contribution is 2.39. The summed E-state index contributed by atoms with van der Waals surface area (Å²) in [6, 6.07) is 0. The van der Waals surface area contributed by atoms with E-state index in [0.29, 0.717) is 19.6 Å². The van der Waals surface area contributed by atoms with E-state index in [4.69, 9.17) is 4.74 Å². The first-order valence-corrected chi connectivity index (χ1v) is 9.15. The van der Waals surface area contributed by atoms with E-state index < -0.39 is 0 Å². The van der Waals surface area contributed by atoms with E-state index in [1.165, 1.54) is 22.2 Å². The fourth-order valence-corrected chi connectivity index (χ4v) is 4.43. The third kappa shape index (κ3) is 3.63. The molecule has 1 N–H and O–H groups in total. The van der Waals surface area contributed by atoms with E-state index in [1.54, 1.807) is 17.7 Å². The Balaban J connectivity index is 1.70. The Labute approximate surface area is 140 Å². The van der Waals surface area contributed by atoms with Crippen LogP contribution in [0.25, 0.3) is 10.2 Å². The van der Waals surface area contributed by atoms with Crippen LogP contribution in [0.5, 0.6) is 0 Å². The number of hydrogen-bond acceptors (Lipinski definition) is 6. The summed E-state index contributed by atoms with van der Waals surface area (Å²) in [6.45, 7) is 5.30. The SMILES string of the molecule is CCOC(=O)CCCNc1ncnc2sc3c(c12)CCC(C)C3. The molecule has 0 saturated carbocycles. The zero-order valence-electron chi connectivity index (χ0n) is 13.7. The van der Waals surface area contributed by atoms with Gasteiger partial charge in [-0.15, -0.1) is 11.3 Å². The Morgan fingerprint density at radius 2 is 2.35 bits per heavy atom. The summed E-state index contributed by atoms with van der Waals surface area (Å²) in [5.41, 5.74) is 1.43. The average Bonchev–Trinajstić information content (AvgIpc) is 2.89. The number of aryl methyl sites for hydroxylation is 1. The van der Waals surface area contributed by atoms with Gasteiger partial charge in [-0.25, -0.2) is 9.97 Å². The summed E-state index contributed by atoms with van der Waals surface area (Å²) >= 11 is 1.80. The van der Waals surface area contributed by atoms with Gasteiger partial charge >= 0.3 is 5.97 Å². The van der Waals surface area contributed by atoms with Crippen LogP contribution in [0.1, 0.15) is 43.6 Å². The Kier molecular flexibility index (Phi) is 5.10. The van der Waals surface area contributed by atoms with Crippen LogP contribution in [0.4, 0.5) is 5.82 Å². The Morgan fingerprint density at radius 1 is 1.48 bits per heavy atom. The summed E-state index contributed by atoms with van der Waals surface area (Å²) in [5.74, 6) is 1.53. The maximum absolute atomic E-state index is 11.4. The number of hydrogen-bond donors (Lipinski definition) is 1. The van der Waals surface area contributed by atoms with Gasteiger partial charge in [0.1, 0.15) is 17.0 Å². The summed E-state index contributed by atoms with van der Waals surface area (Å²) in [7, 11) is 0. The van der Waals surface area contributed by atoms with E-state index in [0.717, 1.165) is 35.8 Å². The zero-order valence-corrected chi connectivity index (χ0v) is 14.5. The molecule has 0 amide bonds. The van der Waals surface area contributed by atoms with Crippen LogP contribution >= 0.6 is 11.3 Å². The zero-order chi connectivity index (χ0) is 16.2. The highest BCUT2D eigenvalue weighted by Gasteiger charge is 2.22. The maximum atomic E-state index is 11.4. The van der Waals surface area contributed by atoms with Crippen LogP contribution in [0, 0.1) is 5.92 Å². The maximum Gasteiger partial charge on any atom is 0.305 e. The van der Waals surface area contributed by atoms with Crippen LogP contribution < -0.4 is 5.32 Å². The minimum absolute atomic E-state index is 0.135. The normalized spacial score (nSPS) is 17.0. The van der Waals surface area contributed by atoms with Crippen LogP contribution in [0.2, 0.25) is 0 Å². The van der Waals surface area contributed by atoms with Gasteiger partial charge in [-0.2, -0.15) is 0 Å². The lowest BCUT2D eigenvalue weighted by atomic mass is 9.89. The van der Waals surface area contributed by atoms with E-state index in [1.807, 2.05) is 6.92 Å². The molecule has 5 nitrogen and oxygen atoms in total. The van der Waals surface area contributed by atoms with Crippen molar-refractivity contribution in [1.29, 1.82) is 0 Å². The molecule has 2 heterocycles. The summed E-state index contributed by atoms with van der Waals surface area (Å²) in [5, 5.41) is 4.57. The standard InChI is InChI=1S/C17H23N3O2S/c1-3-22-14(21)5-4-8-18-16-15-12-7-6-11(2)9-13(12)23-17(15)20-10-19-16/h10-11H,3-9H2,1-2H3,(H,18,19,20). The number of thiophene rings is 1. The molecule has 0 aromatic carbocycles. The van der Waals surface area contributed by atoms with Gasteiger partial charge in [-0.1, -0.05) is 6.92 Å². The summed E-state index contributed by atoms with van der Waals surface area (Å²) in [6.07, 6.45) is 6.31. The van der Waals surface area contributed by atoms with Crippen molar-refractivity contribution in [3.63, 3.8) is 0 Å². The van der Waals surface area contributed by atoms with Crippen molar-refractivity contribution in [2.24, 2.45) is 5.92 Å². The molecule has 3 rings (SSSR count). The number of aromatic nitrogens is 2. The predicted octanol–water partition coefficient (Wildman–Crippen LogP) is 3.57. The molecule has 1 atom stereocenters. The monoisotopic (exact) mass is 333 g/mol. The number of nitrogens with one attached hydrogen (secondary N) is 1. The van der Waals surface area contributed by atoms with Gasteiger partial charge in [0.15, 0.2) is 0 Å². The fraction of sp³-hybridized carbons (Fsp3) is 0.588. The molecule has 0 aliphatic heterocycles. The number of carbonyl (C=O) groups is 1. The fourth-order valence-electron chi connectivity index (χ4n) is 3.08. The minimum atomic E-state index is -0.135. The molecule has 0 fully saturated rings. The average molecular weight is 333 g/mol. The topological polar surface area (TPSA) is 64.1 Å². The molecule has 124 valence electrons. The molecule has 23 heavy (non-hydrogen) atoms. The molecule has 2 aromatic rings. The molecule has 1 aliphatic rings. The van der Waals surface area contributed by atoms with Crippen molar-refractivity contribution in [2.75, 3.05) is 18.5 Å². The van der Waals surface area contributed by atoms with Crippen molar-refractivity contribution in [1.82, 2.24) is 9.97 Å². The molecule has 1 aliphatic carbocycles. The summed E-state index contributed by atoms with van der Waals surface area (Å²) in [4.78, 5) is 22.8. The number of rotatable bonds is 6. The third-order valence-corrected chi connectivity index (χ3v) is 5.41. The van der Waals surface area contributed by atoms with E-state index in [2.05, 4.69) is 22.2 Å². The van der Waals surface area contributed by atoms with Crippen LogP contribution in [-0.2, 0) is 22.4 Å². The van der Waals surface area contributed by atoms with Gasteiger partial charge in [0.2, 0.25) is 0 Å². The largest absolute Gasteiger partial charge is 0.466 e. The third-order valence-electron chi connectivity index (χ3n) is 4.25. The second-order valence-corrected chi connectivity index (χ2v) is 7.17. The highest BCUT2D eigenvalue weighted by molar-refractivity contribution is 7.19. The second kappa shape index (κ2) is 7.25. The van der Waals surface area contributed by atoms with Crippen molar-refractivity contribution in [3.05, 3.63) is 16.8 Å². The Bertz CT molecular complexity index is 698. The van der Waals surface area contributed by atoms with Gasteiger partial charge in [0.25, 0.3) is 0 Å². The first-order chi connectivity index (χ1) is 11.2. The lowest BCUT2D eigenvalue weighted by Crippen LogP contribution is -2.11. The van der Waals surface area contributed by atoms with Gasteiger partial charge in [-0.3, -0.25) is 4.79 Å². The first kappa shape index (κ1) is 16.2. The molecular weight excluding hydrogens is 310 g/mol. The quantitative estimate of drug-likeness (QED) is 0.647. The predicted molar refractivity (Wildman–Crippen MR) is 93.0 cm³/mol. The lowest BCUT2D eigenvalue weighted by molar-refractivity contribution is -0.143. The number of fused-ring (bicyclic) bond motifs is 3. The lowest BCUT2D eigenvalue weighted by Gasteiger charge is -2.18. The van der Waals surface area contributed by atoms with Gasteiger partial charge in [0, 0.05) is 17.8 Å². The molecule has 0 radical (unpaired) electrons. The molecule has 2 aromatic heterocycles. The van der Waals surface area contributed by atoms with Crippen molar-refractivity contribution >= 4 is 33.3 Å². The van der Waals surface area contributed by atoms with Gasteiger partial charge in [-0.05, 0) is 44.1 Å². The number of nitrogens with zero attached hydrogens (tertiary/aromatic N) is 2. The number of carbonyl (C=O) groups excluding carboxylic acids is 1. The van der Waals surface area contributed by atoms with Gasteiger partial charge in [0.05, 0.1) is 12.0 Å². The first-order valence-electron chi connectivity index (χ1n) is 8.33. The Morgan fingerprint density at radius 3 is 3.17 bits per heavy atom. The molecule has 0 saturated heterocycles. The van der Waals surface area contributed by atoms with Crippen molar-refractivity contribution in [2.45, 2.75) is 46.0 Å². The van der Waals surface area contributed by atoms with Crippen LogP contribution in [0.3, 0.4) is 0 Å². The number of esters is 1. The van der Waals surface area contributed by atoms with Gasteiger partial charge < -0.3 is 10.1 Å². The molecule has 1 unspecified atom stereocenters. The Hall–Kier alpha value is -1.69. The van der Waals surface area contributed by atoms with Crippen LogP contribution in [0.15, 0.2) is 6.33 Å². The highest BCUT2D eigenvalue weighted by atomic mass is 32.1. The van der Waals surface area contributed by atoms with Crippen molar-refractivity contribution in [3.8, 4) is 0 Å². The number of anilines is 1. The smallest absolute Gasteiger partial charge is 0.305 e. The van der Waals surface area contributed by atoms with Crippen molar-refractivity contribution < 1.29 is 9.53 Å². The number of ether oxygens (including phenoxy) is 1. The summed E-state index contributed by atoms with van der Waals surface area (Å²) < 4.78 is 4.95. The molecule has 6 heteroatoms.